The fourth-order valence-corrected chi connectivity index (χ4v) is 1.95. The van der Waals surface area contributed by atoms with Crippen molar-refractivity contribution in [2.45, 2.75) is 6.42 Å². The van der Waals surface area contributed by atoms with Crippen molar-refractivity contribution in [3.05, 3.63) is 47.6 Å². The maximum Gasteiger partial charge on any atom is 0.241 e. The molecule has 0 atom stereocenters. The molecule has 0 saturated heterocycles. The molecule has 7 heteroatoms. The van der Waals surface area contributed by atoms with Gasteiger partial charge in [-0.15, -0.1) is 0 Å². The van der Waals surface area contributed by atoms with Crippen LogP contribution in [0.3, 0.4) is 0 Å². The van der Waals surface area contributed by atoms with E-state index in [2.05, 4.69) is 10.3 Å². The van der Waals surface area contributed by atoms with E-state index in [4.69, 9.17) is 21.6 Å². The molecule has 6 nitrogen and oxygen atoms in total. The number of nitriles is 1. The molecular formula is C17H17ClN4O2. The van der Waals surface area contributed by atoms with E-state index in [0.29, 0.717) is 29.6 Å². The second-order valence-electron chi connectivity index (χ2n) is 5.02. The molecule has 1 aromatic heterocycles. The molecule has 1 amide bonds. The van der Waals surface area contributed by atoms with Gasteiger partial charge in [-0.2, -0.15) is 5.26 Å². The van der Waals surface area contributed by atoms with Crippen molar-refractivity contribution in [2.24, 2.45) is 0 Å². The van der Waals surface area contributed by atoms with Crippen molar-refractivity contribution >= 4 is 23.2 Å². The summed E-state index contributed by atoms with van der Waals surface area (Å²) in [5, 5.41) is 12.1. The van der Waals surface area contributed by atoms with Crippen molar-refractivity contribution in [3.63, 3.8) is 0 Å². The zero-order valence-corrected chi connectivity index (χ0v) is 14.0. The van der Waals surface area contributed by atoms with E-state index in [1.807, 2.05) is 18.2 Å². The van der Waals surface area contributed by atoms with E-state index >= 15 is 0 Å². The Labute approximate surface area is 145 Å². The average Bonchev–Trinajstić information content (AvgIpc) is 2.60. The minimum Gasteiger partial charge on any atom is -0.439 e. The number of pyridine rings is 1. The standard InChI is InChI=1S/C17H17ClN4O2/c1-22(10-2-9-19)17(23)12-20-14-4-6-15(7-5-14)24-16-8-3-13(18)11-21-16/h3-8,11,20H,2,10,12H2,1H3. The van der Waals surface area contributed by atoms with Crippen LogP contribution in [0.25, 0.3) is 0 Å². The van der Waals surface area contributed by atoms with E-state index in [-0.39, 0.29) is 12.5 Å². The molecule has 0 saturated carbocycles. The fourth-order valence-electron chi connectivity index (χ4n) is 1.84. The van der Waals surface area contributed by atoms with Crippen molar-refractivity contribution < 1.29 is 9.53 Å². The lowest BCUT2D eigenvalue weighted by molar-refractivity contribution is -0.127. The Morgan fingerprint density at radius 2 is 2.08 bits per heavy atom. The number of anilines is 1. The molecular weight excluding hydrogens is 328 g/mol. The van der Waals surface area contributed by atoms with Crippen LogP contribution in [0.1, 0.15) is 6.42 Å². The van der Waals surface area contributed by atoms with Gasteiger partial charge < -0.3 is 15.0 Å². The highest BCUT2D eigenvalue weighted by atomic mass is 35.5. The number of ether oxygens (including phenoxy) is 1. The molecule has 24 heavy (non-hydrogen) atoms. The third-order valence-corrected chi connectivity index (χ3v) is 3.43. The number of nitrogens with zero attached hydrogens (tertiary/aromatic N) is 3. The van der Waals surface area contributed by atoms with Crippen molar-refractivity contribution in [1.29, 1.82) is 5.26 Å². The van der Waals surface area contributed by atoms with Gasteiger partial charge in [0.2, 0.25) is 11.8 Å². The van der Waals surface area contributed by atoms with Crippen LogP contribution >= 0.6 is 11.6 Å². The number of aromatic nitrogens is 1. The summed E-state index contributed by atoms with van der Waals surface area (Å²) in [7, 11) is 1.68. The first kappa shape index (κ1) is 17.6. The van der Waals surface area contributed by atoms with Gasteiger partial charge >= 0.3 is 0 Å². The van der Waals surface area contributed by atoms with E-state index in [1.54, 1.807) is 31.3 Å². The maximum atomic E-state index is 11.9. The lowest BCUT2D eigenvalue weighted by Crippen LogP contribution is -2.32. The number of amides is 1. The summed E-state index contributed by atoms with van der Waals surface area (Å²) in [4.78, 5) is 17.5. The first-order valence-electron chi connectivity index (χ1n) is 7.33. The summed E-state index contributed by atoms with van der Waals surface area (Å²) in [6.07, 6.45) is 1.84. The van der Waals surface area contributed by atoms with E-state index in [9.17, 15) is 4.79 Å². The van der Waals surface area contributed by atoms with Gasteiger partial charge in [0.15, 0.2) is 0 Å². The molecule has 0 bridgehead atoms. The zero-order chi connectivity index (χ0) is 17.4. The highest BCUT2D eigenvalue weighted by Gasteiger charge is 2.07. The minimum absolute atomic E-state index is 0.0732. The van der Waals surface area contributed by atoms with Gasteiger partial charge in [-0.1, -0.05) is 11.6 Å². The van der Waals surface area contributed by atoms with Crippen LogP contribution in [0.4, 0.5) is 5.69 Å². The molecule has 0 aliphatic heterocycles. The van der Waals surface area contributed by atoms with Gasteiger partial charge in [0.1, 0.15) is 5.75 Å². The highest BCUT2D eigenvalue weighted by Crippen LogP contribution is 2.22. The van der Waals surface area contributed by atoms with Crippen LogP contribution in [0.15, 0.2) is 42.6 Å². The predicted molar refractivity (Wildman–Crippen MR) is 92.1 cm³/mol. The number of likely N-dealkylation sites (N-methyl/N-ethyl adjacent to an activating group) is 1. The largest absolute Gasteiger partial charge is 0.439 e. The van der Waals surface area contributed by atoms with E-state index < -0.39 is 0 Å². The third kappa shape index (κ3) is 5.45. The van der Waals surface area contributed by atoms with Crippen LogP contribution in [-0.2, 0) is 4.79 Å². The van der Waals surface area contributed by atoms with Crippen LogP contribution in [-0.4, -0.2) is 35.9 Å². The average molecular weight is 345 g/mol. The lowest BCUT2D eigenvalue weighted by Gasteiger charge is -2.16. The molecule has 124 valence electrons. The van der Waals surface area contributed by atoms with Gasteiger partial charge in [-0.05, 0) is 30.3 Å². The number of carbonyl (C=O) groups is 1. The number of rotatable bonds is 7. The quantitative estimate of drug-likeness (QED) is 0.833. The number of carbonyl (C=O) groups excluding carboxylic acids is 1. The predicted octanol–water partition coefficient (Wildman–Crippen LogP) is 3.31. The SMILES string of the molecule is CN(CCC#N)C(=O)CNc1ccc(Oc2ccc(Cl)cn2)cc1. The van der Waals surface area contributed by atoms with Gasteiger partial charge in [-0.25, -0.2) is 4.98 Å². The number of benzene rings is 1. The maximum absolute atomic E-state index is 11.9. The molecule has 0 radical (unpaired) electrons. The van der Waals surface area contributed by atoms with Crippen LogP contribution in [0.5, 0.6) is 11.6 Å². The molecule has 1 heterocycles. The molecule has 0 aliphatic rings. The second kappa shape index (κ2) is 8.75. The topological polar surface area (TPSA) is 78.2 Å². The Morgan fingerprint density at radius 3 is 2.71 bits per heavy atom. The van der Waals surface area contributed by atoms with Gasteiger partial charge in [0.05, 0.1) is 24.1 Å². The fraction of sp³-hybridized carbons (Fsp3) is 0.235. The summed E-state index contributed by atoms with van der Waals surface area (Å²) in [6, 6.07) is 12.6. The number of halogens is 1. The molecule has 1 N–H and O–H groups in total. The lowest BCUT2D eigenvalue weighted by atomic mass is 10.3. The minimum atomic E-state index is -0.0732. The third-order valence-electron chi connectivity index (χ3n) is 3.21. The van der Waals surface area contributed by atoms with E-state index in [0.717, 1.165) is 5.69 Å². The van der Waals surface area contributed by atoms with Crippen molar-refractivity contribution in [3.8, 4) is 17.7 Å². The van der Waals surface area contributed by atoms with Crippen molar-refractivity contribution in [2.75, 3.05) is 25.5 Å². The first-order valence-corrected chi connectivity index (χ1v) is 7.70. The Balaban J connectivity index is 1.84. The normalized spacial score (nSPS) is 9.88. The first-order chi connectivity index (χ1) is 11.6. The van der Waals surface area contributed by atoms with Gasteiger partial charge in [0, 0.05) is 31.5 Å². The summed E-state index contributed by atoms with van der Waals surface area (Å²) in [5.74, 6) is 1.01. The summed E-state index contributed by atoms with van der Waals surface area (Å²) < 4.78 is 5.59. The summed E-state index contributed by atoms with van der Waals surface area (Å²) in [6.45, 7) is 0.596. The molecule has 0 spiro atoms. The van der Waals surface area contributed by atoms with Gasteiger partial charge in [-0.3, -0.25) is 4.79 Å². The van der Waals surface area contributed by atoms with Crippen LogP contribution in [0.2, 0.25) is 5.02 Å². The molecule has 2 rings (SSSR count). The Kier molecular flexibility index (Phi) is 6.41. The number of hydrogen-bond donors (Lipinski definition) is 1. The Hall–Kier alpha value is -2.78. The smallest absolute Gasteiger partial charge is 0.241 e. The zero-order valence-electron chi connectivity index (χ0n) is 13.2. The van der Waals surface area contributed by atoms with Gasteiger partial charge in [0.25, 0.3) is 0 Å². The number of hydrogen-bond acceptors (Lipinski definition) is 5. The molecule has 0 aliphatic carbocycles. The summed E-state index contributed by atoms with van der Waals surface area (Å²) >= 11 is 5.77. The van der Waals surface area contributed by atoms with Crippen LogP contribution in [0, 0.1) is 11.3 Å². The summed E-state index contributed by atoms with van der Waals surface area (Å²) in [5.41, 5.74) is 0.799. The second-order valence-corrected chi connectivity index (χ2v) is 5.45. The molecule has 0 fully saturated rings. The Morgan fingerprint density at radius 1 is 1.33 bits per heavy atom. The van der Waals surface area contributed by atoms with Crippen molar-refractivity contribution in [1.82, 2.24) is 9.88 Å². The van der Waals surface area contributed by atoms with E-state index in [1.165, 1.54) is 11.1 Å². The number of nitrogens with one attached hydrogen (secondary N) is 1. The monoisotopic (exact) mass is 344 g/mol. The molecule has 1 aromatic carbocycles. The van der Waals surface area contributed by atoms with Crippen LogP contribution < -0.4 is 10.1 Å². The highest BCUT2D eigenvalue weighted by molar-refractivity contribution is 6.30. The molecule has 0 unspecified atom stereocenters. The Bertz CT molecular complexity index is 711. The molecule has 2 aromatic rings.